The molecule has 19 heavy (non-hydrogen) atoms. The molecular weight excluding hydrogens is 242 g/mol. The van der Waals surface area contributed by atoms with Crippen molar-refractivity contribution in [2.24, 2.45) is 5.73 Å². The second-order valence-corrected chi connectivity index (χ2v) is 5.36. The molecule has 1 aromatic carbocycles. The lowest BCUT2D eigenvalue weighted by Gasteiger charge is -2.19. The molecule has 1 rings (SSSR count). The highest BCUT2D eigenvalue weighted by molar-refractivity contribution is 5.36. The fourth-order valence-corrected chi connectivity index (χ4v) is 1.68. The third-order valence-corrected chi connectivity index (χ3v) is 2.60. The van der Waals surface area contributed by atoms with Crippen molar-refractivity contribution in [3.8, 4) is 5.75 Å². The molecule has 0 saturated heterocycles. The van der Waals surface area contributed by atoms with E-state index in [1.54, 1.807) is 7.11 Å². The summed E-state index contributed by atoms with van der Waals surface area (Å²) < 4.78 is 16.4. The Morgan fingerprint density at radius 2 is 1.89 bits per heavy atom. The van der Waals surface area contributed by atoms with Crippen molar-refractivity contribution in [3.05, 3.63) is 29.3 Å². The number of methoxy groups -OCH3 is 1. The van der Waals surface area contributed by atoms with Crippen molar-refractivity contribution < 1.29 is 14.2 Å². The monoisotopic (exact) mass is 267 g/mol. The topological polar surface area (TPSA) is 53.7 Å². The largest absolute Gasteiger partial charge is 0.496 e. The second kappa shape index (κ2) is 7.48. The third-order valence-electron chi connectivity index (χ3n) is 2.60. The second-order valence-electron chi connectivity index (χ2n) is 5.36. The van der Waals surface area contributed by atoms with Gasteiger partial charge in [-0.15, -0.1) is 0 Å². The molecule has 0 amide bonds. The van der Waals surface area contributed by atoms with Crippen LogP contribution in [0.3, 0.4) is 0 Å². The molecule has 4 nitrogen and oxygen atoms in total. The average molecular weight is 267 g/mol. The van der Waals surface area contributed by atoms with E-state index < -0.39 is 0 Å². The van der Waals surface area contributed by atoms with Gasteiger partial charge in [0, 0.05) is 12.1 Å². The van der Waals surface area contributed by atoms with Crippen LogP contribution in [0.4, 0.5) is 0 Å². The lowest BCUT2D eigenvalue weighted by molar-refractivity contribution is -0.0376. The predicted molar refractivity (Wildman–Crippen MR) is 76.2 cm³/mol. The van der Waals surface area contributed by atoms with Crippen LogP contribution in [-0.2, 0) is 22.6 Å². The van der Waals surface area contributed by atoms with Gasteiger partial charge in [-0.05, 0) is 38.5 Å². The zero-order chi connectivity index (χ0) is 14.3. The lowest BCUT2D eigenvalue weighted by Crippen LogP contribution is -2.21. The quantitative estimate of drug-likeness (QED) is 0.771. The van der Waals surface area contributed by atoms with Gasteiger partial charge in [-0.1, -0.05) is 6.07 Å². The van der Waals surface area contributed by atoms with Crippen molar-refractivity contribution in [2.45, 2.75) is 39.5 Å². The van der Waals surface area contributed by atoms with Crippen LogP contribution in [0.25, 0.3) is 0 Å². The summed E-state index contributed by atoms with van der Waals surface area (Å²) in [5.74, 6) is 0.822. The molecule has 0 heterocycles. The van der Waals surface area contributed by atoms with Crippen LogP contribution in [0.2, 0.25) is 0 Å². The molecule has 0 fully saturated rings. The maximum Gasteiger partial charge on any atom is 0.123 e. The van der Waals surface area contributed by atoms with Gasteiger partial charge in [-0.2, -0.15) is 0 Å². The molecule has 0 saturated carbocycles. The van der Waals surface area contributed by atoms with Gasteiger partial charge in [-0.3, -0.25) is 0 Å². The molecule has 0 unspecified atom stereocenters. The number of hydrogen-bond donors (Lipinski definition) is 1. The predicted octanol–water partition coefficient (Wildman–Crippen LogP) is 2.49. The summed E-state index contributed by atoms with van der Waals surface area (Å²) in [7, 11) is 1.65. The SMILES string of the molecule is COc1ccc(COCCOC(C)(C)C)cc1CN. The highest BCUT2D eigenvalue weighted by atomic mass is 16.5. The normalized spacial score (nSPS) is 11.6. The molecule has 108 valence electrons. The maximum absolute atomic E-state index is 5.68. The minimum Gasteiger partial charge on any atom is -0.496 e. The summed E-state index contributed by atoms with van der Waals surface area (Å²) >= 11 is 0. The highest BCUT2D eigenvalue weighted by Crippen LogP contribution is 2.19. The van der Waals surface area contributed by atoms with E-state index in [1.165, 1.54) is 0 Å². The maximum atomic E-state index is 5.68. The van der Waals surface area contributed by atoms with E-state index >= 15 is 0 Å². The summed E-state index contributed by atoms with van der Waals surface area (Å²) in [6.45, 7) is 8.30. The first-order chi connectivity index (χ1) is 8.96. The van der Waals surface area contributed by atoms with Crippen molar-refractivity contribution in [3.63, 3.8) is 0 Å². The van der Waals surface area contributed by atoms with Gasteiger partial charge in [0.2, 0.25) is 0 Å². The molecule has 0 aromatic heterocycles. The Balaban J connectivity index is 2.37. The van der Waals surface area contributed by atoms with Gasteiger partial charge < -0.3 is 19.9 Å². The zero-order valence-corrected chi connectivity index (χ0v) is 12.4. The minimum atomic E-state index is -0.115. The molecule has 2 N–H and O–H groups in total. The van der Waals surface area contributed by atoms with Gasteiger partial charge >= 0.3 is 0 Å². The Hall–Kier alpha value is -1.10. The van der Waals surface area contributed by atoms with Crippen LogP contribution in [-0.4, -0.2) is 25.9 Å². The number of rotatable bonds is 7. The fraction of sp³-hybridized carbons (Fsp3) is 0.600. The Morgan fingerprint density at radius 3 is 2.47 bits per heavy atom. The molecular formula is C15H25NO3. The van der Waals surface area contributed by atoms with E-state index in [-0.39, 0.29) is 5.60 Å². The van der Waals surface area contributed by atoms with Crippen LogP contribution in [0.1, 0.15) is 31.9 Å². The van der Waals surface area contributed by atoms with Gasteiger partial charge in [0.25, 0.3) is 0 Å². The Bertz CT molecular complexity index is 385. The Kier molecular flexibility index (Phi) is 6.28. The minimum absolute atomic E-state index is 0.115. The molecule has 4 heteroatoms. The average Bonchev–Trinajstić information content (AvgIpc) is 2.36. The highest BCUT2D eigenvalue weighted by Gasteiger charge is 2.09. The van der Waals surface area contributed by atoms with E-state index in [2.05, 4.69) is 0 Å². The first-order valence-corrected chi connectivity index (χ1v) is 6.54. The van der Waals surface area contributed by atoms with Crippen LogP contribution in [0.15, 0.2) is 18.2 Å². The van der Waals surface area contributed by atoms with Crippen molar-refractivity contribution >= 4 is 0 Å². The van der Waals surface area contributed by atoms with E-state index in [0.717, 1.165) is 16.9 Å². The van der Waals surface area contributed by atoms with Crippen LogP contribution in [0.5, 0.6) is 5.75 Å². The first kappa shape index (κ1) is 16.0. The van der Waals surface area contributed by atoms with Gasteiger partial charge in [-0.25, -0.2) is 0 Å². The zero-order valence-electron chi connectivity index (χ0n) is 12.4. The molecule has 0 spiro atoms. The van der Waals surface area contributed by atoms with Crippen LogP contribution >= 0.6 is 0 Å². The van der Waals surface area contributed by atoms with Crippen molar-refractivity contribution in [1.29, 1.82) is 0 Å². The van der Waals surface area contributed by atoms with Crippen LogP contribution in [0, 0.1) is 0 Å². The summed E-state index contributed by atoms with van der Waals surface area (Å²) in [5, 5.41) is 0. The summed E-state index contributed by atoms with van der Waals surface area (Å²) in [5.41, 5.74) is 7.65. The van der Waals surface area contributed by atoms with Gasteiger partial charge in [0.1, 0.15) is 5.75 Å². The lowest BCUT2D eigenvalue weighted by atomic mass is 10.1. The summed E-state index contributed by atoms with van der Waals surface area (Å²) in [6.07, 6.45) is 0. The molecule has 0 radical (unpaired) electrons. The molecule has 0 aliphatic carbocycles. The number of ether oxygens (including phenoxy) is 3. The van der Waals surface area contributed by atoms with Gasteiger partial charge in [0.05, 0.1) is 32.5 Å². The van der Waals surface area contributed by atoms with Crippen molar-refractivity contribution in [2.75, 3.05) is 20.3 Å². The van der Waals surface area contributed by atoms with Crippen molar-refractivity contribution in [1.82, 2.24) is 0 Å². The van der Waals surface area contributed by atoms with E-state index in [9.17, 15) is 0 Å². The Morgan fingerprint density at radius 1 is 1.16 bits per heavy atom. The molecule has 0 aliphatic heterocycles. The van der Waals surface area contributed by atoms with E-state index in [0.29, 0.717) is 26.4 Å². The number of nitrogens with two attached hydrogens (primary N) is 1. The Labute approximate surface area is 115 Å². The summed E-state index contributed by atoms with van der Waals surface area (Å²) in [4.78, 5) is 0. The molecule has 1 aromatic rings. The van der Waals surface area contributed by atoms with Crippen LogP contribution < -0.4 is 10.5 Å². The van der Waals surface area contributed by atoms with Gasteiger partial charge in [0.15, 0.2) is 0 Å². The molecule has 0 atom stereocenters. The fourth-order valence-electron chi connectivity index (χ4n) is 1.68. The molecule has 0 aliphatic rings. The molecule has 0 bridgehead atoms. The van der Waals surface area contributed by atoms with E-state index in [4.69, 9.17) is 19.9 Å². The standard InChI is InChI=1S/C15H25NO3/c1-15(2,3)19-8-7-18-11-12-5-6-14(17-4)13(9-12)10-16/h5-6,9H,7-8,10-11,16H2,1-4H3. The third kappa shape index (κ3) is 6.05. The number of hydrogen-bond acceptors (Lipinski definition) is 4. The summed E-state index contributed by atoms with van der Waals surface area (Å²) in [6, 6.07) is 5.93. The number of benzene rings is 1. The van der Waals surface area contributed by atoms with E-state index in [1.807, 2.05) is 39.0 Å². The smallest absolute Gasteiger partial charge is 0.123 e. The first-order valence-electron chi connectivity index (χ1n) is 6.54.